The summed E-state index contributed by atoms with van der Waals surface area (Å²) in [6.45, 7) is -0.408. The summed E-state index contributed by atoms with van der Waals surface area (Å²) in [4.78, 5) is 21.5. The van der Waals surface area contributed by atoms with Crippen LogP contribution in [-0.4, -0.2) is 40.9 Å². The van der Waals surface area contributed by atoms with Crippen molar-refractivity contribution in [3.8, 4) is 0 Å². The largest absolute Gasteiger partial charge is 0.480 e. The first-order chi connectivity index (χ1) is 7.59. The number of nitrogens with one attached hydrogen (secondary N) is 2. The van der Waals surface area contributed by atoms with Crippen molar-refractivity contribution < 1.29 is 19.8 Å². The van der Waals surface area contributed by atoms with Crippen LogP contribution >= 0.6 is 0 Å². The first-order valence-electron chi connectivity index (χ1n) is 5.54. The summed E-state index contributed by atoms with van der Waals surface area (Å²) in [6.07, 6.45) is 3.90. The number of aliphatic hydroxyl groups is 1. The molecule has 1 rings (SSSR count). The molecular weight excluding hydrogens is 212 g/mol. The third kappa shape index (κ3) is 4.48. The Morgan fingerprint density at radius 1 is 1.19 bits per heavy atom. The van der Waals surface area contributed by atoms with Gasteiger partial charge < -0.3 is 20.8 Å². The maximum absolute atomic E-state index is 11.3. The van der Waals surface area contributed by atoms with E-state index in [9.17, 15) is 14.7 Å². The van der Waals surface area contributed by atoms with Crippen LogP contribution in [0.4, 0.5) is 4.79 Å². The number of hydrogen-bond donors (Lipinski definition) is 4. The second-order valence-corrected chi connectivity index (χ2v) is 4.03. The summed E-state index contributed by atoms with van der Waals surface area (Å²) in [7, 11) is 0. The molecule has 0 aromatic carbocycles. The summed E-state index contributed by atoms with van der Waals surface area (Å²) in [5.41, 5.74) is 0. The van der Waals surface area contributed by atoms with E-state index in [0.29, 0.717) is 6.42 Å². The molecule has 4 N–H and O–H groups in total. The summed E-state index contributed by atoms with van der Waals surface area (Å²) in [6, 6.07) is -0.801. The van der Waals surface area contributed by atoms with E-state index in [1.165, 1.54) is 0 Å². The van der Waals surface area contributed by atoms with E-state index in [1.54, 1.807) is 0 Å². The molecule has 0 heterocycles. The molecular formula is C10H18N2O4. The van der Waals surface area contributed by atoms with Crippen LogP contribution in [0.25, 0.3) is 0 Å². The predicted octanol–water partition coefficient (Wildman–Crippen LogP) is 0.0638. The summed E-state index contributed by atoms with van der Waals surface area (Å²) in [5.74, 6) is -1.09. The highest BCUT2D eigenvalue weighted by atomic mass is 16.4. The van der Waals surface area contributed by atoms with Crippen molar-refractivity contribution in [3.63, 3.8) is 0 Å². The minimum absolute atomic E-state index is 0.267. The third-order valence-electron chi connectivity index (χ3n) is 2.70. The van der Waals surface area contributed by atoms with Crippen LogP contribution in [0.2, 0.25) is 0 Å². The van der Waals surface area contributed by atoms with Gasteiger partial charge in [-0.05, 0) is 12.8 Å². The lowest BCUT2D eigenvalue weighted by molar-refractivity contribution is -0.135. The number of aliphatic carboxylic acids is 1. The van der Waals surface area contributed by atoms with Crippen molar-refractivity contribution in [3.05, 3.63) is 0 Å². The van der Waals surface area contributed by atoms with Crippen molar-refractivity contribution in [2.24, 2.45) is 0 Å². The maximum Gasteiger partial charge on any atom is 0.323 e. The van der Waals surface area contributed by atoms with E-state index in [4.69, 9.17) is 5.11 Å². The zero-order valence-electron chi connectivity index (χ0n) is 9.11. The van der Waals surface area contributed by atoms with Crippen molar-refractivity contribution in [2.45, 2.75) is 44.2 Å². The van der Waals surface area contributed by atoms with Crippen LogP contribution in [0.3, 0.4) is 0 Å². The van der Waals surface area contributed by atoms with E-state index in [-0.39, 0.29) is 6.04 Å². The molecule has 1 aliphatic rings. The molecule has 1 saturated carbocycles. The molecule has 1 aliphatic carbocycles. The zero-order chi connectivity index (χ0) is 12.0. The lowest BCUT2D eigenvalue weighted by atomic mass is 10.1. The van der Waals surface area contributed by atoms with Gasteiger partial charge in [0.05, 0.1) is 12.1 Å². The van der Waals surface area contributed by atoms with Gasteiger partial charge in [0.1, 0.15) is 6.54 Å². The Balaban J connectivity index is 2.33. The molecule has 6 heteroatoms. The van der Waals surface area contributed by atoms with Crippen molar-refractivity contribution >= 4 is 12.0 Å². The SMILES string of the molecule is O=C(O)CNC(=O)NC1CCCCCC1O. The lowest BCUT2D eigenvalue weighted by Gasteiger charge is -2.21. The standard InChI is InChI=1S/C10H18N2O4/c13-8-5-3-1-2-4-7(8)12-10(16)11-6-9(14)15/h7-8,13H,1-6H2,(H,14,15)(H2,11,12,16). The molecule has 0 saturated heterocycles. The Morgan fingerprint density at radius 2 is 1.88 bits per heavy atom. The van der Waals surface area contributed by atoms with Crippen molar-refractivity contribution in [1.29, 1.82) is 0 Å². The first-order valence-corrected chi connectivity index (χ1v) is 5.54. The highest BCUT2D eigenvalue weighted by Crippen LogP contribution is 2.17. The number of carboxylic acid groups (broad SMARTS) is 1. The highest BCUT2D eigenvalue weighted by molar-refractivity contribution is 5.80. The second-order valence-electron chi connectivity index (χ2n) is 4.03. The predicted molar refractivity (Wildman–Crippen MR) is 57.1 cm³/mol. The number of carboxylic acids is 1. The van der Waals surface area contributed by atoms with Gasteiger partial charge in [-0.3, -0.25) is 4.79 Å². The van der Waals surface area contributed by atoms with E-state index in [2.05, 4.69) is 10.6 Å². The second kappa shape index (κ2) is 6.32. The molecule has 2 amide bonds. The highest BCUT2D eigenvalue weighted by Gasteiger charge is 2.22. The van der Waals surface area contributed by atoms with Gasteiger partial charge >= 0.3 is 12.0 Å². The number of urea groups is 1. The average Bonchev–Trinajstić information content (AvgIpc) is 2.42. The summed E-state index contributed by atoms with van der Waals surface area (Å²) < 4.78 is 0. The summed E-state index contributed by atoms with van der Waals surface area (Å²) >= 11 is 0. The Morgan fingerprint density at radius 3 is 2.56 bits per heavy atom. The Hall–Kier alpha value is -1.30. The summed E-state index contributed by atoms with van der Waals surface area (Å²) in [5, 5.41) is 22.9. The van der Waals surface area contributed by atoms with Gasteiger partial charge in [0.25, 0.3) is 0 Å². The lowest BCUT2D eigenvalue weighted by Crippen LogP contribution is -2.48. The Kier molecular flexibility index (Phi) is 5.04. The van der Waals surface area contributed by atoms with E-state index in [1.807, 2.05) is 0 Å². The molecule has 0 bridgehead atoms. The van der Waals surface area contributed by atoms with Crippen LogP contribution in [0.5, 0.6) is 0 Å². The van der Waals surface area contributed by atoms with Gasteiger partial charge in [-0.25, -0.2) is 4.79 Å². The van der Waals surface area contributed by atoms with Gasteiger partial charge in [-0.15, -0.1) is 0 Å². The van der Waals surface area contributed by atoms with E-state index in [0.717, 1.165) is 25.7 Å². The Labute approximate surface area is 94.0 Å². The monoisotopic (exact) mass is 230 g/mol. The van der Waals surface area contributed by atoms with E-state index < -0.39 is 24.6 Å². The van der Waals surface area contributed by atoms with Crippen LogP contribution in [0.15, 0.2) is 0 Å². The number of rotatable bonds is 3. The fourth-order valence-electron chi connectivity index (χ4n) is 1.83. The van der Waals surface area contributed by atoms with Crippen LogP contribution < -0.4 is 10.6 Å². The minimum atomic E-state index is -1.09. The number of amides is 2. The number of hydrogen-bond acceptors (Lipinski definition) is 3. The van der Waals surface area contributed by atoms with Gasteiger partial charge in [-0.2, -0.15) is 0 Å². The molecule has 2 atom stereocenters. The fraction of sp³-hybridized carbons (Fsp3) is 0.800. The molecule has 0 spiro atoms. The first kappa shape index (κ1) is 12.8. The van der Waals surface area contributed by atoms with Gasteiger partial charge in [0.2, 0.25) is 0 Å². The van der Waals surface area contributed by atoms with E-state index >= 15 is 0 Å². The maximum atomic E-state index is 11.3. The number of carbonyl (C=O) groups excluding carboxylic acids is 1. The molecule has 0 aliphatic heterocycles. The minimum Gasteiger partial charge on any atom is -0.480 e. The number of carbonyl (C=O) groups is 2. The smallest absolute Gasteiger partial charge is 0.323 e. The normalized spacial score (nSPS) is 25.6. The van der Waals surface area contributed by atoms with Gasteiger partial charge in [0, 0.05) is 0 Å². The van der Waals surface area contributed by atoms with Crippen molar-refractivity contribution in [1.82, 2.24) is 10.6 Å². The molecule has 92 valence electrons. The van der Waals surface area contributed by atoms with Crippen LogP contribution in [0.1, 0.15) is 32.1 Å². The number of aliphatic hydroxyl groups excluding tert-OH is 1. The molecule has 0 aromatic heterocycles. The molecule has 16 heavy (non-hydrogen) atoms. The third-order valence-corrected chi connectivity index (χ3v) is 2.70. The van der Waals surface area contributed by atoms with Crippen LogP contribution in [-0.2, 0) is 4.79 Å². The topological polar surface area (TPSA) is 98.7 Å². The molecule has 0 aromatic rings. The molecule has 0 radical (unpaired) electrons. The zero-order valence-corrected chi connectivity index (χ0v) is 9.11. The average molecular weight is 230 g/mol. The molecule has 6 nitrogen and oxygen atoms in total. The molecule has 2 unspecified atom stereocenters. The fourth-order valence-corrected chi connectivity index (χ4v) is 1.83. The quantitative estimate of drug-likeness (QED) is 0.515. The van der Waals surface area contributed by atoms with Crippen molar-refractivity contribution in [2.75, 3.05) is 6.54 Å². The van der Waals surface area contributed by atoms with Gasteiger partial charge in [-0.1, -0.05) is 19.3 Å². The molecule has 1 fully saturated rings. The van der Waals surface area contributed by atoms with Gasteiger partial charge in [0.15, 0.2) is 0 Å². The Bertz CT molecular complexity index is 257. The van der Waals surface area contributed by atoms with Crippen LogP contribution in [0, 0.1) is 0 Å².